The zero-order valence-corrected chi connectivity index (χ0v) is 9.70. The summed E-state index contributed by atoms with van der Waals surface area (Å²) in [7, 11) is 0. The Morgan fingerprint density at radius 2 is 2.00 bits per heavy atom. The number of ether oxygens (including phenoxy) is 1. The van der Waals surface area contributed by atoms with E-state index in [9.17, 15) is 10.2 Å². The van der Waals surface area contributed by atoms with Crippen LogP contribution in [0, 0.1) is 5.92 Å². The minimum absolute atomic E-state index is 0.0151. The van der Waals surface area contributed by atoms with Gasteiger partial charge in [0.1, 0.15) is 0 Å². The predicted octanol–water partition coefficient (Wildman–Crippen LogP) is 1.50. The summed E-state index contributed by atoms with van der Waals surface area (Å²) in [4.78, 5) is 0. The number of rotatable bonds is 4. The van der Waals surface area contributed by atoms with Gasteiger partial charge in [0.15, 0.2) is 0 Å². The quantitative estimate of drug-likeness (QED) is 0.776. The van der Waals surface area contributed by atoms with Crippen LogP contribution in [0.5, 0.6) is 0 Å². The summed E-state index contributed by atoms with van der Waals surface area (Å²) in [5.41, 5.74) is 1.07. The van der Waals surface area contributed by atoms with Gasteiger partial charge in [-0.15, -0.1) is 0 Å². The summed E-state index contributed by atoms with van der Waals surface area (Å²) in [5, 5.41) is 19.1. The Hall–Kier alpha value is -1.16. The smallest absolute Gasteiger partial charge is 0.0986 e. The van der Waals surface area contributed by atoms with Gasteiger partial charge in [0.2, 0.25) is 0 Å². The second-order valence-corrected chi connectivity index (χ2v) is 4.36. The molecule has 2 N–H and O–H groups in total. The summed E-state index contributed by atoms with van der Waals surface area (Å²) in [6.07, 6.45) is 3.46. The van der Waals surface area contributed by atoms with E-state index in [0.29, 0.717) is 6.61 Å². The lowest BCUT2D eigenvalue weighted by Crippen LogP contribution is -2.38. The molecule has 1 aliphatic rings. The van der Waals surface area contributed by atoms with Gasteiger partial charge in [0.25, 0.3) is 0 Å². The number of hydrogen-bond acceptors (Lipinski definition) is 3. The van der Waals surface area contributed by atoms with E-state index >= 15 is 0 Å². The molecule has 3 heteroatoms. The number of aliphatic hydroxyl groups is 2. The average molecular weight is 234 g/mol. The van der Waals surface area contributed by atoms with E-state index in [4.69, 9.17) is 4.74 Å². The molecule has 0 bridgehead atoms. The molecular formula is C14H18O3. The van der Waals surface area contributed by atoms with Crippen LogP contribution < -0.4 is 0 Å². The molecule has 3 nitrogen and oxygen atoms in total. The molecular weight excluding hydrogens is 216 g/mol. The highest BCUT2D eigenvalue weighted by Crippen LogP contribution is 2.23. The molecule has 0 fully saturated rings. The minimum Gasteiger partial charge on any atom is -0.396 e. The van der Waals surface area contributed by atoms with Crippen molar-refractivity contribution in [3.05, 3.63) is 48.0 Å². The Morgan fingerprint density at radius 1 is 1.24 bits per heavy atom. The van der Waals surface area contributed by atoms with Crippen molar-refractivity contribution < 1.29 is 14.9 Å². The third-order valence-electron chi connectivity index (χ3n) is 3.09. The standard InChI is InChI=1S/C14H18O3/c15-9-12-7-4-8-13(16)14(12)17-10-11-5-2-1-3-6-11/h1-6,8,12-16H,7,9-10H2/t12?,13-,14+/m1/s1. The van der Waals surface area contributed by atoms with Gasteiger partial charge < -0.3 is 14.9 Å². The van der Waals surface area contributed by atoms with Crippen molar-refractivity contribution in [3.8, 4) is 0 Å². The van der Waals surface area contributed by atoms with Gasteiger partial charge in [-0.25, -0.2) is 0 Å². The molecule has 1 unspecified atom stereocenters. The van der Waals surface area contributed by atoms with E-state index in [1.807, 2.05) is 36.4 Å². The Bertz CT molecular complexity index is 361. The first-order chi connectivity index (χ1) is 8.31. The predicted molar refractivity (Wildman–Crippen MR) is 65.4 cm³/mol. The Balaban J connectivity index is 1.95. The first-order valence-corrected chi connectivity index (χ1v) is 5.92. The highest BCUT2D eigenvalue weighted by molar-refractivity contribution is 5.13. The molecule has 17 heavy (non-hydrogen) atoms. The van der Waals surface area contributed by atoms with Crippen LogP contribution in [-0.2, 0) is 11.3 Å². The molecule has 1 aromatic rings. The van der Waals surface area contributed by atoms with Gasteiger partial charge in [-0.05, 0) is 12.0 Å². The first kappa shape index (κ1) is 12.3. The third kappa shape index (κ3) is 3.16. The molecule has 0 heterocycles. The summed E-state index contributed by atoms with van der Waals surface area (Å²) in [6.45, 7) is 0.508. The molecule has 1 aliphatic carbocycles. The van der Waals surface area contributed by atoms with Crippen molar-refractivity contribution >= 4 is 0 Å². The van der Waals surface area contributed by atoms with Crippen LogP contribution in [0.4, 0.5) is 0 Å². The van der Waals surface area contributed by atoms with Gasteiger partial charge in [-0.3, -0.25) is 0 Å². The van der Waals surface area contributed by atoms with Gasteiger partial charge in [0.05, 0.1) is 18.8 Å². The zero-order chi connectivity index (χ0) is 12.1. The first-order valence-electron chi connectivity index (χ1n) is 5.92. The van der Waals surface area contributed by atoms with Crippen LogP contribution in [0.25, 0.3) is 0 Å². The monoisotopic (exact) mass is 234 g/mol. The Kier molecular flexibility index (Phi) is 4.31. The molecule has 0 saturated carbocycles. The van der Waals surface area contributed by atoms with E-state index in [1.54, 1.807) is 6.08 Å². The molecule has 2 rings (SSSR count). The Labute approximate surface area is 101 Å². The lowest BCUT2D eigenvalue weighted by Gasteiger charge is -2.31. The van der Waals surface area contributed by atoms with Crippen molar-refractivity contribution in [2.24, 2.45) is 5.92 Å². The van der Waals surface area contributed by atoms with E-state index in [2.05, 4.69) is 0 Å². The molecule has 0 radical (unpaired) electrons. The SMILES string of the molecule is OCC1CC=C[C@@H](O)[C@H]1OCc1ccccc1. The van der Waals surface area contributed by atoms with Crippen LogP contribution in [0.2, 0.25) is 0 Å². The number of benzene rings is 1. The Morgan fingerprint density at radius 3 is 2.71 bits per heavy atom. The fourth-order valence-electron chi connectivity index (χ4n) is 2.10. The maximum absolute atomic E-state index is 9.83. The van der Waals surface area contributed by atoms with Crippen molar-refractivity contribution in [2.75, 3.05) is 6.61 Å². The molecule has 0 saturated heterocycles. The van der Waals surface area contributed by atoms with Gasteiger partial charge in [0, 0.05) is 12.5 Å². The lowest BCUT2D eigenvalue weighted by atomic mass is 9.90. The molecule has 0 aromatic heterocycles. The summed E-state index contributed by atoms with van der Waals surface area (Å²) >= 11 is 0. The number of aliphatic hydroxyl groups excluding tert-OH is 2. The molecule has 0 spiro atoms. The highest BCUT2D eigenvalue weighted by atomic mass is 16.5. The van der Waals surface area contributed by atoms with Gasteiger partial charge in [-0.1, -0.05) is 42.5 Å². The maximum Gasteiger partial charge on any atom is 0.0986 e. The maximum atomic E-state index is 9.83. The second-order valence-electron chi connectivity index (χ2n) is 4.36. The van der Waals surface area contributed by atoms with E-state index in [0.717, 1.165) is 12.0 Å². The van der Waals surface area contributed by atoms with Crippen LogP contribution in [0.15, 0.2) is 42.5 Å². The summed E-state index contributed by atoms with van der Waals surface area (Å²) < 4.78 is 5.72. The van der Waals surface area contributed by atoms with Crippen LogP contribution >= 0.6 is 0 Å². The van der Waals surface area contributed by atoms with Crippen molar-refractivity contribution in [2.45, 2.75) is 25.2 Å². The van der Waals surface area contributed by atoms with Crippen molar-refractivity contribution in [3.63, 3.8) is 0 Å². The second kappa shape index (κ2) is 5.96. The van der Waals surface area contributed by atoms with E-state index in [1.165, 1.54) is 0 Å². The van der Waals surface area contributed by atoms with Crippen LogP contribution in [0.1, 0.15) is 12.0 Å². The summed E-state index contributed by atoms with van der Waals surface area (Å²) in [5.74, 6) is -0.0151. The van der Waals surface area contributed by atoms with Crippen LogP contribution in [0.3, 0.4) is 0 Å². The zero-order valence-electron chi connectivity index (χ0n) is 9.70. The van der Waals surface area contributed by atoms with E-state index < -0.39 is 6.10 Å². The molecule has 0 amide bonds. The fourth-order valence-corrected chi connectivity index (χ4v) is 2.10. The van der Waals surface area contributed by atoms with Gasteiger partial charge >= 0.3 is 0 Å². The minimum atomic E-state index is -0.621. The van der Waals surface area contributed by atoms with Crippen LogP contribution in [-0.4, -0.2) is 29.0 Å². The molecule has 0 aliphatic heterocycles. The lowest BCUT2D eigenvalue weighted by molar-refractivity contribution is -0.0745. The average Bonchev–Trinajstić information content (AvgIpc) is 2.38. The summed E-state index contributed by atoms with van der Waals surface area (Å²) in [6, 6.07) is 9.84. The van der Waals surface area contributed by atoms with Crippen molar-refractivity contribution in [1.29, 1.82) is 0 Å². The number of hydrogen-bond donors (Lipinski definition) is 2. The highest BCUT2D eigenvalue weighted by Gasteiger charge is 2.29. The fraction of sp³-hybridized carbons (Fsp3) is 0.429. The molecule has 1 aromatic carbocycles. The molecule has 92 valence electrons. The topological polar surface area (TPSA) is 49.7 Å². The normalized spacial score (nSPS) is 28.2. The number of allylic oxidation sites excluding steroid dienone is 1. The largest absolute Gasteiger partial charge is 0.396 e. The van der Waals surface area contributed by atoms with Gasteiger partial charge in [-0.2, -0.15) is 0 Å². The van der Waals surface area contributed by atoms with E-state index in [-0.39, 0.29) is 18.6 Å². The molecule has 3 atom stereocenters. The third-order valence-corrected chi connectivity index (χ3v) is 3.09. The van der Waals surface area contributed by atoms with Crippen molar-refractivity contribution in [1.82, 2.24) is 0 Å².